The summed E-state index contributed by atoms with van der Waals surface area (Å²) in [7, 11) is 0. The van der Waals surface area contributed by atoms with Gasteiger partial charge in [-0.2, -0.15) is 0 Å². The van der Waals surface area contributed by atoms with Crippen molar-refractivity contribution in [3.63, 3.8) is 0 Å². The highest BCUT2D eigenvalue weighted by Gasteiger charge is 2.33. The SMILES string of the molecule is C=C[C@@H]1Cn2c(cc3ccccc32)C(C)(C)O1. The maximum Gasteiger partial charge on any atom is 0.103 e. The molecule has 0 spiro atoms. The van der Waals surface area contributed by atoms with Gasteiger partial charge < -0.3 is 9.30 Å². The minimum Gasteiger partial charge on any atom is -0.360 e. The normalized spacial score (nSPS) is 22.4. The molecule has 0 saturated carbocycles. The molecule has 2 aromatic rings. The third kappa shape index (κ3) is 1.52. The minimum atomic E-state index is -0.254. The highest BCUT2D eigenvalue weighted by atomic mass is 16.5. The Morgan fingerprint density at radius 2 is 2.18 bits per heavy atom. The van der Waals surface area contributed by atoms with Crippen LogP contribution >= 0.6 is 0 Å². The summed E-state index contributed by atoms with van der Waals surface area (Å²) in [6.07, 6.45) is 1.98. The van der Waals surface area contributed by atoms with Gasteiger partial charge >= 0.3 is 0 Å². The number of para-hydroxylation sites is 1. The van der Waals surface area contributed by atoms with Gasteiger partial charge in [-0.3, -0.25) is 0 Å². The summed E-state index contributed by atoms with van der Waals surface area (Å²) in [5.41, 5.74) is 2.28. The van der Waals surface area contributed by atoms with Crippen LogP contribution in [0.3, 0.4) is 0 Å². The van der Waals surface area contributed by atoms with E-state index < -0.39 is 0 Å². The fourth-order valence-electron chi connectivity index (χ4n) is 2.68. The second-order valence-corrected chi connectivity index (χ2v) is 5.10. The molecule has 0 amide bonds. The molecule has 17 heavy (non-hydrogen) atoms. The number of hydrogen-bond acceptors (Lipinski definition) is 1. The lowest BCUT2D eigenvalue weighted by Crippen LogP contribution is -2.38. The smallest absolute Gasteiger partial charge is 0.103 e. The molecule has 0 aliphatic carbocycles. The Bertz CT molecular complexity index is 580. The van der Waals surface area contributed by atoms with Gasteiger partial charge in [-0.15, -0.1) is 6.58 Å². The van der Waals surface area contributed by atoms with Crippen LogP contribution in [0.4, 0.5) is 0 Å². The van der Waals surface area contributed by atoms with E-state index in [-0.39, 0.29) is 11.7 Å². The zero-order valence-corrected chi connectivity index (χ0v) is 10.3. The molecular weight excluding hydrogens is 210 g/mol. The zero-order chi connectivity index (χ0) is 12.0. The Labute approximate surface area is 102 Å². The Kier molecular flexibility index (Phi) is 2.17. The average Bonchev–Trinajstić information content (AvgIpc) is 2.68. The van der Waals surface area contributed by atoms with Gasteiger partial charge in [-0.05, 0) is 31.4 Å². The summed E-state index contributed by atoms with van der Waals surface area (Å²) >= 11 is 0. The summed E-state index contributed by atoms with van der Waals surface area (Å²) in [6, 6.07) is 10.7. The van der Waals surface area contributed by atoms with E-state index in [9.17, 15) is 0 Å². The number of ether oxygens (including phenoxy) is 1. The van der Waals surface area contributed by atoms with E-state index >= 15 is 0 Å². The van der Waals surface area contributed by atoms with Crippen molar-refractivity contribution in [3.8, 4) is 0 Å². The lowest BCUT2D eigenvalue weighted by atomic mass is 10.0. The molecule has 88 valence electrons. The Morgan fingerprint density at radius 3 is 2.94 bits per heavy atom. The topological polar surface area (TPSA) is 14.2 Å². The number of aromatic nitrogens is 1. The zero-order valence-electron chi connectivity index (χ0n) is 10.3. The Morgan fingerprint density at radius 1 is 1.41 bits per heavy atom. The summed E-state index contributed by atoms with van der Waals surface area (Å²) in [5.74, 6) is 0. The van der Waals surface area contributed by atoms with Gasteiger partial charge in [0.2, 0.25) is 0 Å². The van der Waals surface area contributed by atoms with Crippen molar-refractivity contribution in [1.29, 1.82) is 0 Å². The van der Waals surface area contributed by atoms with Crippen molar-refractivity contribution in [2.24, 2.45) is 0 Å². The second kappa shape index (κ2) is 3.47. The van der Waals surface area contributed by atoms with Crippen LogP contribution in [0.15, 0.2) is 43.0 Å². The lowest BCUT2D eigenvalue weighted by Gasteiger charge is -2.36. The third-order valence-corrected chi connectivity index (χ3v) is 3.50. The Hall–Kier alpha value is -1.54. The van der Waals surface area contributed by atoms with Gasteiger partial charge in [0.15, 0.2) is 0 Å². The van der Waals surface area contributed by atoms with Crippen molar-refractivity contribution in [3.05, 3.63) is 48.7 Å². The summed E-state index contributed by atoms with van der Waals surface area (Å²) < 4.78 is 8.39. The molecule has 0 bridgehead atoms. The highest BCUT2D eigenvalue weighted by molar-refractivity contribution is 5.81. The van der Waals surface area contributed by atoms with Crippen LogP contribution in [0.2, 0.25) is 0 Å². The molecule has 3 rings (SSSR count). The first-order valence-electron chi connectivity index (χ1n) is 6.01. The van der Waals surface area contributed by atoms with Gasteiger partial charge in [0.1, 0.15) is 5.60 Å². The molecule has 0 fully saturated rings. The molecule has 1 aliphatic heterocycles. The van der Waals surface area contributed by atoms with E-state index in [1.165, 1.54) is 16.6 Å². The van der Waals surface area contributed by atoms with E-state index in [1.54, 1.807) is 0 Å². The van der Waals surface area contributed by atoms with Crippen molar-refractivity contribution in [2.75, 3.05) is 0 Å². The van der Waals surface area contributed by atoms with E-state index in [1.807, 2.05) is 6.08 Å². The van der Waals surface area contributed by atoms with Crippen LogP contribution in [-0.4, -0.2) is 10.7 Å². The number of hydrogen-bond donors (Lipinski definition) is 0. The summed E-state index contributed by atoms with van der Waals surface area (Å²) in [4.78, 5) is 0. The van der Waals surface area contributed by atoms with E-state index in [0.717, 1.165) is 6.54 Å². The number of fused-ring (bicyclic) bond motifs is 3. The van der Waals surface area contributed by atoms with Crippen LogP contribution < -0.4 is 0 Å². The quantitative estimate of drug-likeness (QED) is 0.680. The average molecular weight is 227 g/mol. The molecule has 0 radical (unpaired) electrons. The molecule has 0 N–H and O–H groups in total. The number of benzene rings is 1. The maximum absolute atomic E-state index is 6.04. The molecule has 0 unspecified atom stereocenters. The predicted octanol–water partition coefficient (Wildman–Crippen LogP) is 3.46. The van der Waals surface area contributed by atoms with Gasteiger partial charge in [-0.25, -0.2) is 0 Å². The number of rotatable bonds is 1. The first kappa shape index (κ1) is 10.6. The van der Waals surface area contributed by atoms with Crippen molar-refractivity contribution in [2.45, 2.75) is 32.1 Å². The van der Waals surface area contributed by atoms with E-state index in [0.29, 0.717) is 0 Å². The van der Waals surface area contributed by atoms with Crippen molar-refractivity contribution < 1.29 is 4.74 Å². The molecule has 1 atom stereocenters. The second-order valence-electron chi connectivity index (χ2n) is 5.10. The first-order valence-corrected chi connectivity index (χ1v) is 6.01. The van der Waals surface area contributed by atoms with Gasteiger partial charge in [-0.1, -0.05) is 24.3 Å². The van der Waals surface area contributed by atoms with Crippen molar-refractivity contribution >= 4 is 10.9 Å². The Balaban J connectivity index is 2.27. The molecule has 1 aromatic carbocycles. The van der Waals surface area contributed by atoms with Gasteiger partial charge in [0.25, 0.3) is 0 Å². The van der Waals surface area contributed by atoms with Gasteiger partial charge in [0, 0.05) is 5.52 Å². The fourth-order valence-corrected chi connectivity index (χ4v) is 2.68. The molecule has 1 aromatic heterocycles. The third-order valence-electron chi connectivity index (χ3n) is 3.50. The van der Waals surface area contributed by atoms with Crippen LogP contribution in [-0.2, 0) is 16.9 Å². The minimum absolute atomic E-state index is 0.0910. The van der Waals surface area contributed by atoms with E-state index in [4.69, 9.17) is 4.74 Å². The van der Waals surface area contributed by atoms with E-state index in [2.05, 4.69) is 55.3 Å². The molecule has 2 heterocycles. The van der Waals surface area contributed by atoms with Crippen LogP contribution in [0, 0.1) is 0 Å². The van der Waals surface area contributed by atoms with Crippen molar-refractivity contribution in [1.82, 2.24) is 4.57 Å². The van der Waals surface area contributed by atoms with Crippen LogP contribution in [0.1, 0.15) is 19.5 Å². The molecule has 1 aliphatic rings. The lowest BCUT2D eigenvalue weighted by molar-refractivity contribution is -0.0847. The standard InChI is InChI=1S/C15H17NO/c1-4-12-10-16-13-8-6-5-7-11(13)9-14(16)15(2,3)17-12/h4-9,12H,1,10H2,2-3H3/t12-/m1/s1. The summed E-state index contributed by atoms with van der Waals surface area (Å²) in [6.45, 7) is 8.94. The maximum atomic E-state index is 6.04. The van der Waals surface area contributed by atoms with Gasteiger partial charge in [0.05, 0.1) is 18.3 Å². The monoisotopic (exact) mass is 227 g/mol. The highest BCUT2D eigenvalue weighted by Crippen LogP contribution is 2.36. The molecular formula is C15H17NO. The number of nitrogens with zero attached hydrogens (tertiary/aromatic N) is 1. The fraction of sp³-hybridized carbons (Fsp3) is 0.333. The van der Waals surface area contributed by atoms with Crippen LogP contribution in [0.5, 0.6) is 0 Å². The molecule has 2 heteroatoms. The first-order chi connectivity index (χ1) is 8.12. The van der Waals surface area contributed by atoms with Crippen LogP contribution in [0.25, 0.3) is 10.9 Å². The molecule has 2 nitrogen and oxygen atoms in total. The summed E-state index contributed by atoms with van der Waals surface area (Å²) in [5, 5.41) is 1.28. The largest absolute Gasteiger partial charge is 0.360 e. The molecule has 0 saturated heterocycles. The predicted molar refractivity (Wildman–Crippen MR) is 70.0 cm³/mol.